The predicted octanol–water partition coefficient (Wildman–Crippen LogP) is 2.98. The number of hydrogen-bond donors (Lipinski definition) is 1. The van der Waals surface area contributed by atoms with E-state index in [4.69, 9.17) is 23.2 Å². The molecule has 1 aromatic carbocycles. The molecule has 0 radical (unpaired) electrons. The third kappa shape index (κ3) is 4.96. The van der Waals surface area contributed by atoms with Crippen LogP contribution >= 0.6 is 23.2 Å². The van der Waals surface area contributed by atoms with E-state index < -0.39 is 27.3 Å². The molecule has 3 rings (SSSR count). The molecule has 1 amide bonds. The second-order valence-corrected chi connectivity index (χ2v) is 9.54. The number of halogens is 5. The average Bonchev–Trinajstić information content (AvgIpc) is 2.98. The molecule has 30 heavy (non-hydrogen) atoms. The fourth-order valence-electron chi connectivity index (χ4n) is 3.53. The van der Waals surface area contributed by atoms with Gasteiger partial charge in [-0.1, -0.05) is 23.2 Å². The van der Waals surface area contributed by atoms with Crippen LogP contribution in [0.2, 0.25) is 10.0 Å². The number of benzene rings is 1. The Hall–Kier alpha value is -1.27. The third-order valence-electron chi connectivity index (χ3n) is 5.13. The average molecular weight is 491 g/mol. The quantitative estimate of drug-likeness (QED) is 0.504. The summed E-state index contributed by atoms with van der Waals surface area (Å²) in [5, 5.41) is 13.0. The van der Waals surface area contributed by atoms with Crippen LogP contribution in [0.1, 0.15) is 24.8 Å². The number of carbonyl (C=O) groups is 1. The highest BCUT2D eigenvalue weighted by Crippen LogP contribution is 2.36. The number of hydrogen-bond acceptors (Lipinski definition) is 6. The highest BCUT2D eigenvalue weighted by atomic mass is 35.5. The molecule has 2 saturated heterocycles. The van der Waals surface area contributed by atoms with E-state index in [9.17, 15) is 31.5 Å². The van der Waals surface area contributed by atoms with Crippen LogP contribution in [0.5, 0.6) is 5.75 Å². The largest absolute Gasteiger partial charge is 0.534 e. The molecule has 1 unspecified atom stereocenters. The minimum absolute atomic E-state index is 0.0952. The molecule has 2 aliphatic heterocycles. The second-order valence-electron chi connectivity index (χ2n) is 7.18. The lowest BCUT2D eigenvalue weighted by Crippen LogP contribution is -2.49. The van der Waals surface area contributed by atoms with Gasteiger partial charge in [0.2, 0.25) is 5.91 Å². The maximum absolute atomic E-state index is 12.8. The van der Waals surface area contributed by atoms with Crippen molar-refractivity contribution in [3.05, 3.63) is 27.7 Å². The molecule has 13 heteroatoms. The number of piperidine rings is 1. The first-order valence-corrected chi connectivity index (χ1v) is 11.3. The van der Waals surface area contributed by atoms with Gasteiger partial charge >= 0.3 is 15.6 Å². The predicted molar refractivity (Wildman–Crippen MR) is 102 cm³/mol. The van der Waals surface area contributed by atoms with E-state index in [-0.39, 0.29) is 28.5 Å². The summed E-state index contributed by atoms with van der Waals surface area (Å²) in [4.78, 5) is 12.8. The monoisotopic (exact) mass is 490 g/mol. The molecular weight excluding hydrogens is 472 g/mol. The molecule has 0 saturated carbocycles. The first kappa shape index (κ1) is 23.4. The van der Waals surface area contributed by atoms with Crippen LogP contribution in [-0.2, 0) is 21.3 Å². The van der Waals surface area contributed by atoms with Gasteiger partial charge in [0.25, 0.3) is 0 Å². The zero-order chi connectivity index (χ0) is 22.3. The van der Waals surface area contributed by atoms with E-state index in [0.29, 0.717) is 44.5 Å². The number of aliphatic hydroxyl groups excluding tert-OH is 1. The lowest BCUT2D eigenvalue weighted by atomic mass is 9.98. The SMILES string of the molecule is O=C1C(Cc2c(Cl)cc(OS(=O)(=O)C(F)(F)F)cc2Cl)CCN1N1CCC(O)CC1. The Bertz CT molecular complexity index is 897. The minimum Gasteiger partial charge on any atom is -0.393 e. The topological polar surface area (TPSA) is 87.2 Å². The van der Waals surface area contributed by atoms with Crippen LogP contribution in [0.3, 0.4) is 0 Å². The van der Waals surface area contributed by atoms with Gasteiger partial charge in [0.1, 0.15) is 5.75 Å². The first-order chi connectivity index (χ1) is 13.9. The van der Waals surface area contributed by atoms with Crippen LogP contribution in [0.15, 0.2) is 12.1 Å². The summed E-state index contributed by atoms with van der Waals surface area (Å²) >= 11 is 12.2. The molecule has 2 fully saturated rings. The number of amides is 1. The highest BCUT2D eigenvalue weighted by Gasteiger charge is 2.48. The Balaban J connectivity index is 1.71. The van der Waals surface area contributed by atoms with Gasteiger partial charge < -0.3 is 9.29 Å². The van der Waals surface area contributed by atoms with Gasteiger partial charge in [0.05, 0.1) is 6.10 Å². The van der Waals surface area contributed by atoms with Gasteiger partial charge in [-0.3, -0.25) is 9.80 Å². The summed E-state index contributed by atoms with van der Waals surface area (Å²) in [5.41, 5.74) is -5.26. The number of nitrogens with zero attached hydrogens (tertiary/aromatic N) is 2. The number of hydrazine groups is 1. The molecular formula is C17H19Cl2F3N2O5S. The first-order valence-electron chi connectivity index (χ1n) is 9.12. The molecule has 2 aliphatic rings. The van der Waals surface area contributed by atoms with Crippen molar-refractivity contribution >= 4 is 39.2 Å². The molecule has 0 spiro atoms. The smallest absolute Gasteiger partial charge is 0.393 e. The number of rotatable bonds is 5. The maximum Gasteiger partial charge on any atom is 0.534 e. The molecule has 7 nitrogen and oxygen atoms in total. The molecule has 0 bridgehead atoms. The van der Waals surface area contributed by atoms with E-state index in [2.05, 4.69) is 4.18 Å². The van der Waals surface area contributed by atoms with Crippen molar-refractivity contribution < 1.29 is 35.7 Å². The lowest BCUT2D eigenvalue weighted by Gasteiger charge is -2.36. The molecule has 1 atom stereocenters. The van der Waals surface area contributed by atoms with Crippen molar-refractivity contribution in [2.45, 2.75) is 37.3 Å². The standard InChI is InChI=1S/C17H19Cl2F3N2O5S/c18-14-8-12(29-30(27,28)17(20,21)22)9-15(19)13(14)7-10-1-6-24(16(10)26)23-4-2-11(25)3-5-23/h8-11,25H,1-7H2. The van der Waals surface area contributed by atoms with E-state index in [1.54, 1.807) is 5.01 Å². The Kier molecular flexibility index (Phi) is 6.78. The normalized spacial score (nSPS) is 22.0. The number of alkyl halides is 3. The fourth-order valence-corrected chi connectivity index (χ4v) is 4.60. The number of carbonyl (C=O) groups excluding carboxylic acids is 1. The molecule has 1 N–H and O–H groups in total. The fraction of sp³-hybridized carbons (Fsp3) is 0.588. The zero-order valence-electron chi connectivity index (χ0n) is 15.5. The molecule has 0 aromatic heterocycles. The second kappa shape index (κ2) is 8.70. The van der Waals surface area contributed by atoms with E-state index in [0.717, 1.165) is 12.1 Å². The number of aliphatic hydroxyl groups is 1. The van der Waals surface area contributed by atoms with Crippen LogP contribution < -0.4 is 4.18 Å². The molecule has 1 aromatic rings. The molecule has 2 heterocycles. The van der Waals surface area contributed by atoms with Gasteiger partial charge in [-0.25, -0.2) is 5.01 Å². The van der Waals surface area contributed by atoms with Crippen molar-refractivity contribution in [1.82, 2.24) is 10.0 Å². The summed E-state index contributed by atoms with van der Waals surface area (Å²) in [6, 6.07) is 1.85. The summed E-state index contributed by atoms with van der Waals surface area (Å²) < 4.78 is 63.8. The lowest BCUT2D eigenvalue weighted by molar-refractivity contribution is -0.149. The van der Waals surface area contributed by atoms with Crippen molar-refractivity contribution in [3.63, 3.8) is 0 Å². The Morgan fingerprint density at radius 2 is 1.67 bits per heavy atom. The van der Waals surface area contributed by atoms with E-state index in [1.165, 1.54) is 0 Å². The summed E-state index contributed by atoms with van der Waals surface area (Å²) in [6.45, 7) is 1.64. The van der Waals surface area contributed by atoms with Crippen LogP contribution in [0.4, 0.5) is 13.2 Å². The third-order valence-corrected chi connectivity index (χ3v) is 6.78. The van der Waals surface area contributed by atoms with Crippen molar-refractivity contribution in [1.29, 1.82) is 0 Å². The van der Waals surface area contributed by atoms with Gasteiger partial charge in [-0.05, 0) is 31.2 Å². The van der Waals surface area contributed by atoms with Gasteiger partial charge in [-0.15, -0.1) is 0 Å². The minimum atomic E-state index is -5.85. The van der Waals surface area contributed by atoms with Crippen LogP contribution in [-0.4, -0.2) is 60.7 Å². The zero-order valence-corrected chi connectivity index (χ0v) is 17.9. The summed E-state index contributed by atoms with van der Waals surface area (Å²) in [6.07, 6.45) is 1.47. The Morgan fingerprint density at radius 3 is 2.20 bits per heavy atom. The molecule has 0 aliphatic carbocycles. The van der Waals surface area contributed by atoms with Gasteiger partial charge in [-0.2, -0.15) is 21.6 Å². The Labute approximate surface area is 181 Å². The summed E-state index contributed by atoms with van der Waals surface area (Å²) in [5.74, 6) is -1.23. The van der Waals surface area contributed by atoms with Gasteiger partial charge in [0, 0.05) is 47.7 Å². The van der Waals surface area contributed by atoms with Crippen molar-refractivity contribution in [3.8, 4) is 5.75 Å². The van der Waals surface area contributed by atoms with E-state index >= 15 is 0 Å². The highest BCUT2D eigenvalue weighted by molar-refractivity contribution is 7.88. The van der Waals surface area contributed by atoms with Gasteiger partial charge in [0.15, 0.2) is 0 Å². The van der Waals surface area contributed by atoms with Crippen molar-refractivity contribution in [2.75, 3.05) is 19.6 Å². The van der Waals surface area contributed by atoms with Crippen LogP contribution in [0, 0.1) is 5.92 Å². The summed E-state index contributed by atoms with van der Waals surface area (Å²) in [7, 11) is -5.85. The Morgan fingerprint density at radius 1 is 1.10 bits per heavy atom. The van der Waals surface area contributed by atoms with Crippen LogP contribution in [0.25, 0.3) is 0 Å². The molecule has 168 valence electrons. The van der Waals surface area contributed by atoms with Crippen molar-refractivity contribution in [2.24, 2.45) is 5.92 Å². The van der Waals surface area contributed by atoms with E-state index in [1.807, 2.05) is 5.01 Å². The maximum atomic E-state index is 12.8.